The summed E-state index contributed by atoms with van der Waals surface area (Å²) in [5, 5.41) is 3.19. The first-order chi connectivity index (χ1) is 14.3. The highest BCUT2D eigenvalue weighted by atomic mass is 16.1. The molecule has 1 fully saturated rings. The van der Waals surface area contributed by atoms with Crippen LogP contribution < -0.4 is 5.32 Å². The standard InChI is InChI=1S/C27H46N2O/c1-7-29-19-11-18-26(21-29)28-27(30)20-25(6)17-10-16-24(5)15-9-14-23(4)13-8-12-22(2)3/h12,14,16,20,26H,7-11,13,15,17-19,21H2,1-6H3,(H,28,30). The molecule has 0 radical (unpaired) electrons. The molecule has 170 valence electrons. The summed E-state index contributed by atoms with van der Waals surface area (Å²) in [5.74, 6) is 0.0740. The van der Waals surface area contributed by atoms with E-state index in [0.29, 0.717) is 6.04 Å². The first kappa shape index (κ1) is 26.4. The molecule has 1 unspecified atom stereocenters. The van der Waals surface area contributed by atoms with Gasteiger partial charge in [0, 0.05) is 18.7 Å². The average molecular weight is 415 g/mol. The number of allylic oxidation sites excluding steroid dienone is 7. The van der Waals surface area contributed by atoms with Crippen molar-refractivity contribution in [2.24, 2.45) is 0 Å². The number of nitrogens with one attached hydrogen (secondary N) is 1. The van der Waals surface area contributed by atoms with Gasteiger partial charge >= 0.3 is 0 Å². The molecular formula is C27H46N2O. The van der Waals surface area contributed by atoms with Crippen molar-refractivity contribution in [2.75, 3.05) is 19.6 Å². The predicted molar refractivity (Wildman–Crippen MR) is 132 cm³/mol. The fraction of sp³-hybridized carbons (Fsp3) is 0.667. The van der Waals surface area contributed by atoms with Gasteiger partial charge in [0.1, 0.15) is 0 Å². The number of hydrogen-bond donors (Lipinski definition) is 1. The van der Waals surface area contributed by atoms with Gasteiger partial charge in [0.2, 0.25) is 5.91 Å². The summed E-state index contributed by atoms with van der Waals surface area (Å²) in [6, 6.07) is 0.302. The van der Waals surface area contributed by atoms with Gasteiger partial charge in [-0.1, -0.05) is 47.4 Å². The number of carbonyl (C=O) groups excluding carboxylic acids is 1. The third kappa shape index (κ3) is 12.8. The van der Waals surface area contributed by atoms with E-state index in [4.69, 9.17) is 0 Å². The maximum absolute atomic E-state index is 12.3. The number of hydrogen-bond acceptors (Lipinski definition) is 2. The first-order valence-electron chi connectivity index (χ1n) is 11.9. The van der Waals surface area contributed by atoms with Gasteiger partial charge in [0.15, 0.2) is 0 Å². The van der Waals surface area contributed by atoms with Crippen molar-refractivity contribution in [3.05, 3.63) is 46.6 Å². The van der Waals surface area contributed by atoms with Crippen LogP contribution in [0.4, 0.5) is 0 Å². The lowest BCUT2D eigenvalue weighted by Gasteiger charge is -2.32. The second-order valence-electron chi connectivity index (χ2n) is 9.23. The molecule has 3 nitrogen and oxygen atoms in total. The lowest BCUT2D eigenvalue weighted by Crippen LogP contribution is -2.47. The predicted octanol–water partition coefficient (Wildman–Crippen LogP) is 6.73. The zero-order valence-corrected chi connectivity index (χ0v) is 20.5. The van der Waals surface area contributed by atoms with Gasteiger partial charge in [-0.25, -0.2) is 0 Å². The number of rotatable bonds is 12. The third-order valence-electron chi connectivity index (χ3n) is 5.83. The van der Waals surface area contributed by atoms with Crippen molar-refractivity contribution in [2.45, 2.75) is 99.0 Å². The fourth-order valence-corrected chi connectivity index (χ4v) is 3.88. The van der Waals surface area contributed by atoms with Crippen molar-refractivity contribution >= 4 is 5.91 Å². The van der Waals surface area contributed by atoms with Crippen LogP contribution in [-0.2, 0) is 4.79 Å². The molecule has 3 heteroatoms. The van der Waals surface area contributed by atoms with Crippen molar-refractivity contribution < 1.29 is 4.79 Å². The zero-order chi connectivity index (χ0) is 22.4. The van der Waals surface area contributed by atoms with Crippen LogP contribution in [0.15, 0.2) is 46.6 Å². The van der Waals surface area contributed by atoms with Gasteiger partial charge in [0.25, 0.3) is 0 Å². The van der Waals surface area contributed by atoms with E-state index in [2.05, 4.69) is 70.0 Å². The van der Waals surface area contributed by atoms with Gasteiger partial charge in [-0.05, 0) is 99.1 Å². The monoisotopic (exact) mass is 414 g/mol. The topological polar surface area (TPSA) is 32.3 Å². The Balaban J connectivity index is 2.28. The van der Waals surface area contributed by atoms with E-state index in [0.717, 1.165) is 70.2 Å². The number of nitrogens with zero attached hydrogens (tertiary/aromatic N) is 1. The van der Waals surface area contributed by atoms with Crippen LogP contribution in [-0.4, -0.2) is 36.5 Å². The number of likely N-dealkylation sites (N-methyl/N-ethyl adjacent to an activating group) is 1. The summed E-state index contributed by atoms with van der Waals surface area (Å²) >= 11 is 0. The minimum atomic E-state index is 0.0740. The quantitative estimate of drug-likeness (QED) is 0.283. The maximum Gasteiger partial charge on any atom is 0.244 e. The molecule has 1 heterocycles. The lowest BCUT2D eigenvalue weighted by molar-refractivity contribution is -0.117. The molecular weight excluding hydrogens is 368 g/mol. The maximum atomic E-state index is 12.3. The largest absolute Gasteiger partial charge is 0.349 e. The van der Waals surface area contributed by atoms with Crippen LogP contribution in [0, 0.1) is 0 Å². The lowest BCUT2D eigenvalue weighted by atomic mass is 10.0. The molecule has 1 aliphatic rings. The summed E-state index contributed by atoms with van der Waals surface area (Å²) in [4.78, 5) is 14.7. The van der Waals surface area contributed by atoms with Crippen LogP contribution in [0.25, 0.3) is 0 Å². The highest BCUT2D eigenvalue weighted by Crippen LogP contribution is 2.14. The molecule has 0 aliphatic carbocycles. The Bertz CT molecular complexity index is 635. The highest BCUT2D eigenvalue weighted by molar-refractivity contribution is 5.88. The molecule has 0 aromatic heterocycles. The van der Waals surface area contributed by atoms with Crippen LogP contribution in [0.1, 0.15) is 92.9 Å². The molecule has 0 bridgehead atoms. The van der Waals surface area contributed by atoms with Crippen molar-refractivity contribution in [1.29, 1.82) is 0 Å². The summed E-state index contributed by atoms with van der Waals surface area (Å²) in [6.07, 6.45) is 17.6. The highest BCUT2D eigenvalue weighted by Gasteiger charge is 2.19. The molecule has 1 saturated heterocycles. The van der Waals surface area contributed by atoms with E-state index < -0.39 is 0 Å². The van der Waals surface area contributed by atoms with E-state index >= 15 is 0 Å². The minimum absolute atomic E-state index is 0.0740. The van der Waals surface area contributed by atoms with Crippen molar-refractivity contribution in [3.8, 4) is 0 Å². The molecule has 0 spiro atoms. The second-order valence-corrected chi connectivity index (χ2v) is 9.23. The summed E-state index contributed by atoms with van der Waals surface area (Å²) in [6.45, 7) is 16.3. The normalized spacial score (nSPS) is 19.0. The zero-order valence-electron chi connectivity index (χ0n) is 20.5. The number of likely N-dealkylation sites (tertiary alicyclic amines) is 1. The van der Waals surface area contributed by atoms with Crippen LogP contribution in [0.2, 0.25) is 0 Å². The van der Waals surface area contributed by atoms with Gasteiger partial charge in [0.05, 0.1) is 0 Å². The number of piperidine rings is 1. The molecule has 1 rings (SSSR count). The Morgan fingerprint density at radius 2 is 1.47 bits per heavy atom. The van der Waals surface area contributed by atoms with Crippen LogP contribution >= 0.6 is 0 Å². The molecule has 0 aromatic carbocycles. The van der Waals surface area contributed by atoms with Crippen molar-refractivity contribution in [3.63, 3.8) is 0 Å². The molecule has 0 aromatic rings. The van der Waals surface area contributed by atoms with E-state index in [9.17, 15) is 4.79 Å². The Hall–Kier alpha value is -1.61. The fourth-order valence-electron chi connectivity index (χ4n) is 3.88. The Labute approximate surface area is 186 Å². The summed E-state index contributed by atoms with van der Waals surface area (Å²) in [5.41, 5.74) is 5.50. The van der Waals surface area contributed by atoms with Crippen LogP contribution in [0.3, 0.4) is 0 Å². The SMILES string of the molecule is CCN1CCCC(NC(=O)C=C(C)CCC=C(C)CCC=C(C)CCC=C(C)C)C1. The second kappa shape index (κ2) is 15.2. The van der Waals surface area contributed by atoms with Gasteiger partial charge in [-0.2, -0.15) is 0 Å². The molecule has 0 saturated carbocycles. The summed E-state index contributed by atoms with van der Waals surface area (Å²) in [7, 11) is 0. The molecule has 30 heavy (non-hydrogen) atoms. The average Bonchev–Trinajstić information content (AvgIpc) is 2.67. The number of amides is 1. The molecule has 1 amide bonds. The van der Waals surface area contributed by atoms with E-state index in [1.165, 1.54) is 23.1 Å². The summed E-state index contributed by atoms with van der Waals surface area (Å²) < 4.78 is 0. The first-order valence-corrected chi connectivity index (χ1v) is 11.9. The molecule has 1 atom stereocenters. The number of carbonyl (C=O) groups is 1. The smallest absolute Gasteiger partial charge is 0.244 e. The van der Waals surface area contributed by atoms with Gasteiger partial charge in [-0.3, -0.25) is 4.79 Å². The van der Waals surface area contributed by atoms with Gasteiger partial charge in [-0.15, -0.1) is 0 Å². The van der Waals surface area contributed by atoms with E-state index in [1.54, 1.807) is 6.08 Å². The van der Waals surface area contributed by atoms with Crippen LogP contribution in [0.5, 0.6) is 0 Å². The van der Waals surface area contributed by atoms with Gasteiger partial charge < -0.3 is 10.2 Å². The molecule has 1 aliphatic heterocycles. The Kier molecular flexibility index (Phi) is 13.4. The Morgan fingerprint density at radius 3 is 2.03 bits per heavy atom. The van der Waals surface area contributed by atoms with E-state index in [1.807, 2.05) is 0 Å². The molecule has 1 N–H and O–H groups in total. The Morgan fingerprint density at radius 1 is 0.900 bits per heavy atom. The minimum Gasteiger partial charge on any atom is -0.349 e. The van der Waals surface area contributed by atoms with Crippen molar-refractivity contribution in [1.82, 2.24) is 10.2 Å². The third-order valence-corrected chi connectivity index (χ3v) is 5.83. The van der Waals surface area contributed by atoms with E-state index in [-0.39, 0.29) is 5.91 Å².